The summed E-state index contributed by atoms with van der Waals surface area (Å²) in [6, 6.07) is 28.9. The number of halogens is 1. The van der Waals surface area contributed by atoms with Crippen molar-refractivity contribution in [1.29, 1.82) is 0 Å². The van der Waals surface area contributed by atoms with Gasteiger partial charge in [-0.1, -0.05) is 72.8 Å². The fourth-order valence-corrected chi connectivity index (χ4v) is 5.88. The van der Waals surface area contributed by atoms with Crippen LogP contribution in [-0.4, -0.2) is 45.1 Å². The largest absolute Gasteiger partial charge is 0.324 e. The van der Waals surface area contributed by atoms with Crippen molar-refractivity contribution in [2.45, 2.75) is 0 Å². The molecule has 2 aliphatic rings. The Bertz CT molecular complexity index is 2510. The van der Waals surface area contributed by atoms with Crippen molar-refractivity contribution >= 4 is 61.0 Å². The van der Waals surface area contributed by atoms with Gasteiger partial charge in [0.2, 0.25) is 0 Å². The molecule has 2 N–H and O–H groups in total. The van der Waals surface area contributed by atoms with Crippen LogP contribution in [0, 0.1) is 0 Å². The molecule has 0 unspecified atom stereocenters. The Kier molecular flexibility index (Phi) is 4.91. The van der Waals surface area contributed by atoms with Gasteiger partial charge in [-0.2, -0.15) is 0 Å². The molecule has 4 aromatic carbocycles. The van der Waals surface area contributed by atoms with E-state index in [1.165, 1.54) is 0 Å². The first kappa shape index (κ1) is 23.9. The molecule has 0 aliphatic carbocycles. The van der Waals surface area contributed by atoms with Gasteiger partial charge >= 0.3 is 0 Å². The van der Waals surface area contributed by atoms with E-state index in [4.69, 9.17) is 41.5 Å². The second kappa shape index (κ2) is 8.85. The quantitative estimate of drug-likeness (QED) is 0.197. The van der Waals surface area contributed by atoms with Crippen LogP contribution in [0.15, 0.2) is 91.0 Å². The van der Waals surface area contributed by atoms with Crippen LogP contribution in [0.2, 0.25) is 0 Å². The molecule has 7 aromatic rings. The molecular weight excluding hydrogens is 560 g/mol. The van der Waals surface area contributed by atoms with Crippen molar-refractivity contribution in [2.24, 2.45) is 0 Å². The fourth-order valence-electron chi connectivity index (χ4n) is 5.76. The van der Waals surface area contributed by atoms with Crippen molar-refractivity contribution in [1.82, 2.24) is 39.9 Å². The van der Waals surface area contributed by atoms with E-state index in [0.29, 0.717) is 56.8 Å². The monoisotopic (exact) mass is 576 g/mol. The summed E-state index contributed by atoms with van der Waals surface area (Å²) in [6.07, 6.45) is 0. The third-order valence-electron chi connectivity index (χ3n) is 7.78. The molecule has 2 aliphatic heterocycles. The molecule has 0 atom stereocenters. The zero-order valence-corrected chi connectivity index (χ0v) is 22.9. The highest BCUT2D eigenvalue weighted by Crippen LogP contribution is 2.36. The van der Waals surface area contributed by atoms with Crippen molar-refractivity contribution in [3.63, 3.8) is 0 Å². The van der Waals surface area contributed by atoms with Gasteiger partial charge in [0.05, 0.1) is 0 Å². The molecule has 10 heteroatoms. The van der Waals surface area contributed by atoms with E-state index in [0.717, 1.165) is 38.4 Å². The zero-order chi connectivity index (χ0) is 28.7. The molecule has 9 nitrogen and oxygen atoms in total. The molecule has 0 radical (unpaired) electrons. The van der Waals surface area contributed by atoms with Crippen LogP contribution < -0.4 is 0 Å². The average Bonchev–Trinajstić information content (AvgIpc) is 3.76. The van der Waals surface area contributed by atoms with E-state index in [9.17, 15) is 4.79 Å². The van der Waals surface area contributed by atoms with E-state index in [1.807, 2.05) is 78.9 Å². The molecule has 202 valence electrons. The van der Waals surface area contributed by atoms with Crippen LogP contribution in [0.4, 0.5) is 0 Å². The smallest absolute Gasteiger partial charge is 0.252 e. The van der Waals surface area contributed by atoms with Gasteiger partial charge in [0, 0.05) is 49.4 Å². The highest BCUT2D eigenvalue weighted by molar-refractivity contribution is 6.67. The number of carbonyl (C=O) groups excluding carboxylic acids is 1. The van der Waals surface area contributed by atoms with Gasteiger partial charge in [-0.05, 0) is 29.8 Å². The van der Waals surface area contributed by atoms with Crippen LogP contribution in [-0.2, 0) is 0 Å². The topological polar surface area (TPSA) is 126 Å². The summed E-state index contributed by atoms with van der Waals surface area (Å²) in [5.74, 6) is 2.05. The zero-order valence-electron chi connectivity index (χ0n) is 22.1. The Balaban J connectivity index is 1.50. The molecule has 0 amide bonds. The Hall–Kier alpha value is -5.80. The Morgan fingerprint density at radius 2 is 0.837 bits per heavy atom. The maximum atomic E-state index is 12.1. The van der Waals surface area contributed by atoms with Gasteiger partial charge in [-0.3, -0.25) is 4.79 Å². The lowest BCUT2D eigenvalue weighted by atomic mass is 10.1. The van der Waals surface area contributed by atoms with E-state index in [-0.39, 0.29) is 0 Å². The summed E-state index contributed by atoms with van der Waals surface area (Å²) in [5, 5.41) is 2.71. The highest BCUT2D eigenvalue weighted by Gasteiger charge is 2.22. The summed E-state index contributed by atoms with van der Waals surface area (Å²) in [5.41, 5.74) is 6.07. The number of benzene rings is 4. The van der Waals surface area contributed by atoms with Crippen molar-refractivity contribution < 1.29 is 4.79 Å². The lowest BCUT2D eigenvalue weighted by Gasteiger charge is -1.97. The van der Waals surface area contributed by atoms with Gasteiger partial charge in [-0.25, -0.2) is 29.9 Å². The molecule has 9 rings (SSSR count). The third-order valence-corrected chi connectivity index (χ3v) is 8.00. The minimum absolute atomic E-state index is 0.352. The number of nitrogens with zero attached hydrogens (tertiary/aromatic N) is 6. The van der Waals surface area contributed by atoms with E-state index in [1.54, 1.807) is 12.1 Å². The lowest BCUT2D eigenvalue weighted by molar-refractivity contribution is 0.108. The number of nitrogens with one attached hydrogen (secondary N) is 2. The molecular formula is C33H17ClN8O. The summed E-state index contributed by atoms with van der Waals surface area (Å²) in [6.45, 7) is 0. The van der Waals surface area contributed by atoms with Crippen molar-refractivity contribution in [3.8, 4) is 45.6 Å². The molecule has 8 bridgehead atoms. The van der Waals surface area contributed by atoms with Gasteiger partial charge in [0.25, 0.3) is 5.24 Å². The van der Waals surface area contributed by atoms with Crippen LogP contribution in [0.3, 0.4) is 0 Å². The van der Waals surface area contributed by atoms with Gasteiger partial charge in [-0.15, -0.1) is 0 Å². The second-order valence-corrected chi connectivity index (χ2v) is 10.6. The average molecular weight is 577 g/mol. The first-order valence-electron chi connectivity index (χ1n) is 13.5. The van der Waals surface area contributed by atoms with Gasteiger partial charge < -0.3 is 9.97 Å². The number of carbonyl (C=O) groups is 1. The maximum Gasteiger partial charge on any atom is 0.252 e. The predicted molar refractivity (Wildman–Crippen MR) is 166 cm³/mol. The Labute approximate surface area is 247 Å². The van der Waals surface area contributed by atoms with Crippen molar-refractivity contribution in [2.75, 3.05) is 0 Å². The van der Waals surface area contributed by atoms with Crippen LogP contribution >= 0.6 is 11.6 Å². The normalized spacial score (nSPS) is 11.9. The fraction of sp³-hybridized carbons (Fsp3) is 0. The minimum atomic E-state index is -0.559. The standard InChI is InChI=1S/C33H17ClN8O/c34-25(43)16-13-14-23-24(15-16)33-41-31-22-12-6-5-11-21(22)29(39-31)37-27-18-8-2-1-7-17(18)26(35-27)36-28-19-9-3-4-10-20(19)30(38-28)40-32(23)42-33/h1-15H,(H2,35,36,37,38,39,40,41,42). The van der Waals surface area contributed by atoms with Gasteiger partial charge in [0.1, 0.15) is 22.6 Å². The number of aromatic nitrogens is 8. The number of rotatable bonds is 1. The predicted octanol–water partition coefficient (Wildman–Crippen LogP) is 7.25. The van der Waals surface area contributed by atoms with Crippen LogP contribution in [0.5, 0.6) is 0 Å². The molecule has 0 saturated heterocycles. The number of aromatic amines is 2. The maximum absolute atomic E-state index is 12.1. The molecule has 3 aromatic heterocycles. The van der Waals surface area contributed by atoms with Crippen molar-refractivity contribution in [3.05, 3.63) is 96.6 Å². The lowest BCUT2D eigenvalue weighted by Crippen LogP contribution is -1.87. The number of hydrogen-bond acceptors (Lipinski definition) is 7. The van der Waals surface area contributed by atoms with E-state index >= 15 is 0 Å². The summed E-state index contributed by atoms with van der Waals surface area (Å²) < 4.78 is 0. The summed E-state index contributed by atoms with van der Waals surface area (Å²) >= 11 is 5.87. The SMILES string of the molecule is O=C(Cl)c1ccc2c3nc4nc(nc5[nH]c(nc6nc(nc([nH]3)c2c1)-c1ccccc1-6)c1ccccc51)-c1ccccc1-4. The second-order valence-electron chi connectivity index (χ2n) is 10.3. The molecule has 5 heterocycles. The molecule has 0 saturated carbocycles. The molecule has 0 fully saturated rings. The molecule has 43 heavy (non-hydrogen) atoms. The first-order chi connectivity index (χ1) is 21.1. The molecule has 0 spiro atoms. The summed E-state index contributed by atoms with van der Waals surface area (Å²) in [7, 11) is 0. The minimum Gasteiger partial charge on any atom is -0.324 e. The number of H-pyrrole nitrogens is 2. The van der Waals surface area contributed by atoms with Crippen LogP contribution in [0.1, 0.15) is 10.4 Å². The Morgan fingerprint density at radius 1 is 0.465 bits per heavy atom. The Morgan fingerprint density at radius 3 is 1.26 bits per heavy atom. The highest BCUT2D eigenvalue weighted by atomic mass is 35.5. The van der Waals surface area contributed by atoms with Crippen LogP contribution in [0.25, 0.3) is 89.7 Å². The number of fused-ring (bicyclic) bond motifs is 20. The summed E-state index contributed by atoms with van der Waals surface area (Å²) in [4.78, 5) is 48.5. The first-order valence-corrected chi connectivity index (χ1v) is 13.9. The van der Waals surface area contributed by atoms with Gasteiger partial charge in [0.15, 0.2) is 23.3 Å². The van der Waals surface area contributed by atoms with E-state index in [2.05, 4.69) is 9.97 Å². The number of hydrogen-bond donors (Lipinski definition) is 2. The van der Waals surface area contributed by atoms with E-state index < -0.39 is 5.24 Å². The third kappa shape index (κ3) is 3.62.